The molecule has 3 aromatic rings. The SMILES string of the molecule is O=C(Nc1ccccc1)OCCc1cccc(B2OCc3cc(F)ccc32)c1. The molecule has 1 aliphatic rings. The van der Waals surface area contributed by atoms with Gasteiger partial charge in [-0.05, 0) is 46.3 Å². The Morgan fingerprint density at radius 2 is 1.93 bits per heavy atom. The van der Waals surface area contributed by atoms with E-state index in [1.165, 1.54) is 12.1 Å². The highest BCUT2D eigenvalue weighted by Crippen LogP contribution is 2.13. The lowest BCUT2D eigenvalue weighted by atomic mass is 9.55. The van der Waals surface area contributed by atoms with Gasteiger partial charge in [0.15, 0.2) is 0 Å². The lowest BCUT2D eigenvalue weighted by Crippen LogP contribution is -2.41. The Kier molecular flexibility index (Phi) is 5.39. The van der Waals surface area contributed by atoms with Crippen molar-refractivity contribution in [2.24, 2.45) is 0 Å². The fourth-order valence-corrected chi connectivity index (χ4v) is 3.34. The first-order chi connectivity index (χ1) is 13.7. The molecule has 1 heterocycles. The van der Waals surface area contributed by atoms with Crippen molar-refractivity contribution < 1.29 is 18.6 Å². The van der Waals surface area contributed by atoms with E-state index in [0.29, 0.717) is 18.7 Å². The van der Waals surface area contributed by atoms with Crippen LogP contribution < -0.4 is 16.2 Å². The van der Waals surface area contributed by atoms with Crippen LogP contribution in [0.25, 0.3) is 0 Å². The number of hydrogen-bond acceptors (Lipinski definition) is 3. The predicted octanol–water partition coefficient (Wildman–Crippen LogP) is 3.25. The first-order valence-corrected chi connectivity index (χ1v) is 9.16. The summed E-state index contributed by atoms with van der Waals surface area (Å²) >= 11 is 0. The number of ether oxygens (including phenoxy) is 1. The van der Waals surface area contributed by atoms with Crippen LogP contribution in [-0.2, 0) is 22.4 Å². The summed E-state index contributed by atoms with van der Waals surface area (Å²) in [6, 6.07) is 21.9. The van der Waals surface area contributed by atoms with Crippen LogP contribution >= 0.6 is 0 Å². The largest absolute Gasteiger partial charge is 0.449 e. The second-order valence-electron chi connectivity index (χ2n) is 6.66. The van der Waals surface area contributed by atoms with Gasteiger partial charge in [0.25, 0.3) is 0 Å². The maximum Gasteiger partial charge on any atom is 0.411 e. The van der Waals surface area contributed by atoms with Crippen molar-refractivity contribution in [2.75, 3.05) is 11.9 Å². The quantitative estimate of drug-likeness (QED) is 0.697. The molecule has 0 atom stereocenters. The van der Waals surface area contributed by atoms with E-state index in [2.05, 4.69) is 5.32 Å². The lowest BCUT2D eigenvalue weighted by Gasteiger charge is -2.10. The molecule has 0 radical (unpaired) electrons. The number of carbonyl (C=O) groups is 1. The zero-order valence-corrected chi connectivity index (χ0v) is 15.2. The zero-order chi connectivity index (χ0) is 19.3. The van der Waals surface area contributed by atoms with Crippen LogP contribution in [0.1, 0.15) is 11.1 Å². The summed E-state index contributed by atoms with van der Waals surface area (Å²) in [4.78, 5) is 11.9. The van der Waals surface area contributed by atoms with Gasteiger partial charge in [-0.15, -0.1) is 0 Å². The molecule has 140 valence electrons. The van der Waals surface area contributed by atoms with Crippen molar-refractivity contribution in [1.29, 1.82) is 0 Å². The van der Waals surface area contributed by atoms with Gasteiger partial charge in [-0.25, -0.2) is 9.18 Å². The Morgan fingerprint density at radius 1 is 1.07 bits per heavy atom. The molecule has 1 aliphatic heterocycles. The molecule has 28 heavy (non-hydrogen) atoms. The van der Waals surface area contributed by atoms with Crippen LogP contribution in [0.15, 0.2) is 72.8 Å². The zero-order valence-electron chi connectivity index (χ0n) is 15.2. The standard InChI is InChI=1S/C22H19BFNO3/c24-19-9-10-21-17(14-19)15-28-23(21)18-6-4-5-16(13-18)11-12-27-22(26)25-20-7-2-1-3-8-20/h1-10,13-14H,11-12,15H2,(H,25,26). The summed E-state index contributed by atoms with van der Waals surface area (Å²) in [6.45, 7) is 0.484. The molecule has 0 saturated heterocycles. The van der Waals surface area contributed by atoms with Gasteiger partial charge < -0.3 is 9.39 Å². The van der Waals surface area contributed by atoms with E-state index < -0.39 is 6.09 Å². The third-order valence-corrected chi connectivity index (χ3v) is 4.69. The van der Waals surface area contributed by atoms with Crippen molar-refractivity contribution in [1.82, 2.24) is 0 Å². The summed E-state index contributed by atoms with van der Waals surface area (Å²) in [5.41, 5.74) is 4.64. The van der Waals surface area contributed by atoms with Gasteiger partial charge in [-0.2, -0.15) is 0 Å². The van der Waals surface area contributed by atoms with E-state index in [-0.39, 0.29) is 19.3 Å². The molecule has 0 unspecified atom stereocenters. The van der Waals surface area contributed by atoms with E-state index in [4.69, 9.17) is 9.39 Å². The predicted molar refractivity (Wildman–Crippen MR) is 108 cm³/mol. The molecule has 0 aliphatic carbocycles. The van der Waals surface area contributed by atoms with Crippen LogP contribution in [0.5, 0.6) is 0 Å². The fraction of sp³-hybridized carbons (Fsp3) is 0.136. The van der Waals surface area contributed by atoms with Crippen molar-refractivity contribution in [3.8, 4) is 0 Å². The van der Waals surface area contributed by atoms with Crippen LogP contribution in [0.3, 0.4) is 0 Å². The molecule has 4 nitrogen and oxygen atoms in total. The average molecular weight is 375 g/mol. The summed E-state index contributed by atoms with van der Waals surface area (Å²) in [5, 5.41) is 2.69. The number of anilines is 1. The first-order valence-electron chi connectivity index (χ1n) is 9.16. The number of fused-ring (bicyclic) bond motifs is 1. The molecule has 0 fully saturated rings. The number of rotatable bonds is 5. The van der Waals surface area contributed by atoms with Crippen LogP contribution in [0, 0.1) is 5.82 Å². The van der Waals surface area contributed by atoms with Crippen molar-refractivity contribution in [2.45, 2.75) is 13.0 Å². The number of benzene rings is 3. The Morgan fingerprint density at radius 3 is 2.79 bits per heavy atom. The lowest BCUT2D eigenvalue weighted by molar-refractivity contribution is 0.163. The minimum absolute atomic E-state index is 0.196. The van der Waals surface area contributed by atoms with Gasteiger partial charge in [0.2, 0.25) is 0 Å². The Labute approximate surface area is 163 Å². The normalized spacial score (nSPS) is 12.5. The van der Waals surface area contributed by atoms with Crippen molar-refractivity contribution in [3.63, 3.8) is 0 Å². The van der Waals surface area contributed by atoms with E-state index in [0.717, 1.165) is 22.1 Å². The molecule has 1 N–H and O–H groups in total. The molecule has 0 saturated carbocycles. The Hall–Kier alpha value is -3.12. The number of nitrogens with one attached hydrogen (secondary N) is 1. The summed E-state index contributed by atoms with van der Waals surface area (Å²) in [6.07, 6.45) is 0.122. The maximum atomic E-state index is 13.4. The number of hydrogen-bond donors (Lipinski definition) is 1. The molecule has 0 spiro atoms. The number of para-hydroxylation sites is 1. The summed E-state index contributed by atoms with van der Waals surface area (Å²) < 4.78 is 24.5. The molecule has 6 heteroatoms. The molecule has 0 bridgehead atoms. The van der Waals surface area contributed by atoms with E-state index in [9.17, 15) is 9.18 Å². The minimum Gasteiger partial charge on any atom is -0.449 e. The highest BCUT2D eigenvalue weighted by molar-refractivity contribution is 6.81. The number of amides is 1. The van der Waals surface area contributed by atoms with Gasteiger partial charge in [0, 0.05) is 12.1 Å². The smallest absolute Gasteiger partial charge is 0.411 e. The molecular formula is C22H19BFNO3. The van der Waals surface area contributed by atoms with Gasteiger partial charge >= 0.3 is 13.0 Å². The van der Waals surface area contributed by atoms with Gasteiger partial charge in [-0.1, -0.05) is 48.5 Å². The van der Waals surface area contributed by atoms with E-state index in [1.807, 2.05) is 42.5 Å². The minimum atomic E-state index is -0.475. The topological polar surface area (TPSA) is 47.6 Å². The monoisotopic (exact) mass is 375 g/mol. The highest BCUT2D eigenvalue weighted by Gasteiger charge is 2.30. The third kappa shape index (κ3) is 4.23. The number of halogens is 1. The second kappa shape index (κ2) is 8.27. The van der Waals surface area contributed by atoms with E-state index >= 15 is 0 Å². The van der Waals surface area contributed by atoms with Crippen molar-refractivity contribution >= 4 is 29.6 Å². The fourth-order valence-electron chi connectivity index (χ4n) is 3.34. The van der Waals surface area contributed by atoms with Gasteiger partial charge in [0.05, 0.1) is 13.2 Å². The average Bonchev–Trinajstić information content (AvgIpc) is 3.12. The molecule has 0 aromatic heterocycles. The molecular weight excluding hydrogens is 356 g/mol. The van der Waals surface area contributed by atoms with Crippen LogP contribution in [-0.4, -0.2) is 19.6 Å². The molecule has 3 aromatic carbocycles. The van der Waals surface area contributed by atoms with E-state index in [1.54, 1.807) is 18.2 Å². The Bertz CT molecular complexity index is 981. The molecule has 1 amide bonds. The van der Waals surface area contributed by atoms with Crippen molar-refractivity contribution in [3.05, 3.63) is 89.7 Å². The highest BCUT2D eigenvalue weighted by atomic mass is 19.1. The van der Waals surface area contributed by atoms with Gasteiger partial charge in [-0.3, -0.25) is 5.32 Å². The summed E-state index contributed by atoms with van der Waals surface area (Å²) in [5.74, 6) is -0.248. The van der Waals surface area contributed by atoms with Crippen LogP contribution in [0.2, 0.25) is 0 Å². The third-order valence-electron chi connectivity index (χ3n) is 4.69. The second-order valence-corrected chi connectivity index (χ2v) is 6.66. The van der Waals surface area contributed by atoms with Gasteiger partial charge in [0.1, 0.15) is 5.82 Å². The maximum absolute atomic E-state index is 13.4. The Balaban J connectivity index is 1.35. The summed E-state index contributed by atoms with van der Waals surface area (Å²) in [7, 11) is 0. The number of carbonyl (C=O) groups excluding carboxylic acids is 1. The first kappa shape index (κ1) is 18.3. The van der Waals surface area contributed by atoms with Crippen LogP contribution in [0.4, 0.5) is 14.9 Å². The molecule has 4 rings (SSSR count).